The van der Waals surface area contributed by atoms with Crippen LogP contribution in [0.4, 0.5) is 0 Å². The minimum absolute atomic E-state index is 0.0874. The Morgan fingerprint density at radius 2 is 0.569 bits per heavy atom. The molecule has 0 aromatic heterocycles. The smallest absolute Gasteiger partial charge is 0.306 e. The monoisotopic (exact) mass is 999 g/mol. The van der Waals surface area contributed by atoms with E-state index in [1.165, 1.54) is 89.9 Å². The molecule has 0 aliphatic rings. The zero-order valence-electron chi connectivity index (χ0n) is 46.9. The Kier molecular flexibility index (Phi) is 56.4. The van der Waals surface area contributed by atoms with Gasteiger partial charge in [0.05, 0.1) is 0 Å². The SMILES string of the molecule is CC/C=C\C/C=C\C/C=C\C/C=C\C/C=C\C/C=C\C/C=C\CCCCCCCCCCCC(=O)OCC(COC(=O)CCCCCCC/C=C\CCC)OC(=O)CCCCCCC/C=C\CCCCCC. The molecule has 0 bridgehead atoms. The highest BCUT2D eigenvalue weighted by atomic mass is 16.6. The van der Waals surface area contributed by atoms with Crippen LogP contribution in [0.2, 0.25) is 0 Å². The van der Waals surface area contributed by atoms with Crippen LogP contribution in [-0.4, -0.2) is 37.2 Å². The third-order valence-electron chi connectivity index (χ3n) is 12.5. The van der Waals surface area contributed by atoms with E-state index >= 15 is 0 Å². The first kappa shape index (κ1) is 68.1. The van der Waals surface area contributed by atoms with Gasteiger partial charge in [-0.3, -0.25) is 14.4 Å². The molecule has 6 nitrogen and oxygen atoms in total. The van der Waals surface area contributed by atoms with Crippen molar-refractivity contribution in [2.24, 2.45) is 0 Å². The van der Waals surface area contributed by atoms with Crippen LogP contribution in [0.5, 0.6) is 0 Å². The van der Waals surface area contributed by atoms with Gasteiger partial charge >= 0.3 is 17.9 Å². The fourth-order valence-corrected chi connectivity index (χ4v) is 8.01. The van der Waals surface area contributed by atoms with Gasteiger partial charge in [-0.15, -0.1) is 0 Å². The number of ether oxygens (including phenoxy) is 3. The largest absolute Gasteiger partial charge is 0.462 e. The molecular formula is C66H110O6. The lowest BCUT2D eigenvalue weighted by atomic mass is 10.1. The lowest BCUT2D eigenvalue weighted by molar-refractivity contribution is -0.167. The topological polar surface area (TPSA) is 78.9 Å². The number of hydrogen-bond donors (Lipinski definition) is 0. The number of hydrogen-bond acceptors (Lipinski definition) is 6. The van der Waals surface area contributed by atoms with Gasteiger partial charge in [-0.1, -0.05) is 239 Å². The summed E-state index contributed by atoms with van der Waals surface area (Å²) in [4.78, 5) is 38.0. The number of esters is 3. The van der Waals surface area contributed by atoms with Crippen LogP contribution >= 0.6 is 0 Å². The molecule has 1 atom stereocenters. The van der Waals surface area contributed by atoms with Crippen LogP contribution in [0.25, 0.3) is 0 Å². The molecule has 0 aromatic rings. The van der Waals surface area contributed by atoms with Crippen LogP contribution < -0.4 is 0 Å². The molecule has 72 heavy (non-hydrogen) atoms. The maximum absolute atomic E-state index is 12.8. The molecule has 0 rings (SSSR count). The first-order valence-electron chi connectivity index (χ1n) is 29.9. The second-order valence-electron chi connectivity index (χ2n) is 19.5. The first-order chi connectivity index (χ1) is 35.5. The summed E-state index contributed by atoms with van der Waals surface area (Å²) >= 11 is 0. The average Bonchev–Trinajstić information content (AvgIpc) is 3.38. The summed E-state index contributed by atoms with van der Waals surface area (Å²) in [5.41, 5.74) is 0. The van der Waals surface area contributed by atoms with Crippen LogP contribution in [0.3, 0.4) is 0 Å². The molecule has 0 aliphatic heterocycles. The third kappa shape index (κ3) is 57.0. The predicted molar refractivity (Wildman–Crippen MR) is 311 cm³/mol. The highest BCUT2D eigenvalue weighted by molar-refractivity contribution is 5.71. The summed E-state index contributed by atoms with van der Waals surface area (Å²) in [6, 6.07) is 0. The van der Waals surface area contributed by atoms with E-state index in [2.05, 4.69) is 130 Å². The normalized spacial score (nSPS) is 12.9. The summed E-state index contributed by atoms with van der Waals surface area (Å²) < 4.78 is 16.8. The summed E-state index contributed by atoms with van der Waals surface area (Å²) in [6.07, 6.45) is 81.0. The van der Waals surface area contributed by atoms with Crippen molar-refractivity contribution in [3.63, 3.8) is 0 Å². The standard InChI is InChI=1S/C66H110O6/c1-4-7-10-13-16-19-22-24-25-26-27-28-29-30-31-32-33-34-35-36-37-38-39-40-41-43-44-47-50-53-56-59-65(68)71-62-63(61-70-64(67)58-55-52-49-46-21-18-15-12-9-6-3)72-66(69)60-57-54-51-48-45-42-23-20-17-14-11-8-5-2/h7,10,12,15-16,19-20,23-25,27-28,30-31,33-34,36-37,63H,4-6,8-9,11,13-14,17-18,21-22,26,29,32,35,38-62H2,1-3H3/b10-7-,15-12-,19-16-,23-20-,25-24-,28-27-,31-30-,34-33-,37-36-. The van der Waals surface area contributed by atoms with Crippen molar-refractivity contribution in [3.05, 3.63) is 109 Å². The van der Waals surface area contributed by atoms with E-state index in [0.717, 1.165) is 141 Å². The van der Waals surface area contributed by atoms with Gasteiger partial charge in [-0.25, -0.2) is 0 Å². The summed E-state index contributed by atoms with van der Waals surface area (Å²) in [5.74, 6) is -0.912. The second-order valence-corrected chi connectivity index (χ2v) is 19.5. The molecule has 410 valence electrons. The fraction of sp³-hybridized carbons (Fsp3) is 0.682. The van der Waals surface area contributed by atoms with Gasteiger partial charge < -0.3 is 14.2 Å². The maximum atomic E-state index is 12.8. The molecule has 1 unspecified atom stereocenters. The Hall–Kier alpha value is -3.93. The van der Waals surface area contributed by atoms with Crippen molar-refractivity contribution < 1.29 is 28.6 Å². The molecule has 0 heterocycles. The number of allylic oxidation sites excluding steroid dienone is 18. The van der Waals surface area contributed by atoms with Crippen molar-refractivity contribution in [2.75, 3.05) is 13.2 Å². The molecule has 0 aliphatic carbocycles. The lowest BCUT2D eigenvalue weighted by Gasteiger charge is -2.18. The van der Waals surface area contributed by atoms with Gasteiger partial charge in [0.2, 0.25) is 0 Å². The van der Waals surface area contributed by atoms with E-state index in [-0.39, 0.29) is 31.1 Å². The van der Waals surface area contributed by atoms with Gasteiger partial charge in [-0.05, 0) is 122 Å². The van der Waals surface area contributed by atoms with Crippen molar-refractivity contribution in [1.82, 2.24) is 0 Å². The van der Waals surface area contributed by atoms with Crippen LogP contribution in [0.15, 0.2) is 109 Å². The first-order valence-corrected chi connectivity index (χ1v) is 29.9. The Morgan fingerprint density at radius 1 is 0.292 bits per heavy atom. The Morgan fingerprint density at radius 3 is 0.917 bits per heavy atom. The lowest BCUT2D eigenvalue weighted by Crippen LogP contribution is -2.30. The van der Waals surface area contributed by atoms with E-state index in [9.17, 15) is 14.4 Å². The number of rotatable bonds is 53. The second kappa shape index (κ2) is 59.6. The van der Waals surface area contributed by atoms with E-state index in [1.807, 2.05) is 0 Å². The molecule has 0 saturated heterocycles. The highest BCUT2D eigenvalue weighted by Gasteiger charge is 2.19. The minimum atomic E-state index is -0.788. The van der Waals surface area contributed by atoms with E-state index in [4.69, 9.17) is 14.2 Å². The van der Waals surface area contributed by atoms with Gasteiger partial charge in [0.25, 0.3) is 0 Å². The zero-order valence-corrected chi connectivity index (χ0v) is 46.9. The summed E-state index contributed by atoms with van der Waals surface area (Å²) in [6.45, 7) is 6.43. The van der Waals surface area contributed by atoms with Crippen molar-refractivity contribution in [2.45, 2.75) is 277 Å². The molecule has 0 N–H and O–H groups in total. The number of carbonyl (C=O) groups excluding carboxylic acids is 3. The van der Waals surface area contributed by atoms with E-state index in [0.29, 0.717) is 19.3 Å². The van der Waals surface area contributed by atoms with Gasteiger partial charge in [-0.2, -0.15) is 0 Å². The Labute approximate surface area is 444 Å². The van der Waals surface area contributed by atoms with Crippen LogP contribution in [0.1, 0.15) is 271 Å². The van der Waals surface area contributed by atoms with Gasteiger partial charge in [0.1, 0.15) is 13.2 Å². The van der Waals surface area contributed by atoms with Crippen LogP contribution in [0, 0.1) is 0 Å². The number of carbonyl (C=O) groups is 3. The Bertz CT molecular complexity index is 1470. The highest BCUT2D eigenvalue weighted by Crippen LogP contribution is 2.15. The van der Waals surface area contributed by atoms with Crippen LogP contribution in [-0.2, 0) is 28.6 Å². The average molecular weight is 1000 g/mol. The zero-order chi connectivity index (χ0) is 52.2. The van der Waals surface area contributed by atoms with Gasteiger partial charge in [0.15, 0.2) is 6.10 Å². The molecule has 0 spiro atoms. The summed E-state index contributed by atoms with van der Waals surface area (Å²) in [7, 11) is 0. The molecule has 0 radical (unpaired) electrons. The van der Waals surface area contributed by atoms with E-state index in [1.54, 1.807) is 0 Å². The minimum Gasteiger partial charge on any atom is -0.462 e. The predicted octanol–water partition coefficient (Wildman–Crippen LogP) is 20.3. The van der Waals surface area contributed by atoms with Gasteiger partial charge in [0, 0.05) is 19.3 Å². The number of unbranched alkanes of at least 4 members (excludes halogenated alkanes) is 24. The van der Waals surface area contributed by atoms with Crippen molar-refractivity contribution in [3.8, 4) is 0 Å². The van der Waals surface area contributed by atoms with Crippen molar-refractivity contribution >= 4 is 17.9 Å². The fourth-order valence-electron chi connectivity index (χ4n) is 8.01. The Balaban J connectivity index is 4.20. The maximum Gasteiger partial charge on any atom is 0.306 e. The quantitative estimate of drug-likeness (QED) is 0.0261. The molecule has 0 aromatic carbocycles. The molecule has 6 heteroatoms. The third-order valence-corrected chi connectivity index (χ3v) is 12.5. The summed E-state index contributed by atoms with van der Waals surface area (Å²) in [5, 5.41) is 0. The van der Waals surface area contributed by atoms with Crippen molar-refractivity contribution in [1.29, 1.82) is 0 Å². The van der Waals surface area contributed by atoms with E-state index < -0.39 is 6.10 Å². The molecule has 0 saturated carbocycles. The molecular weight excluding hydrogens is 889 g/mol. The molecule has 0 amide bonds. The molecule has 0 fully saturated rings.